The highest BCUT2D eigenvalue weighted by Gasteiger charge is 2.39. The lowest BCUT2D eigenvalue weighted by Crippen LogP contribution is -2.45. The molecular formula is C15H19Cl2NO. The fourth-order valence-corrected chi connectivity index (χ4v) is 2.87. The smallest absolute Gasteiger partial charge is 0.140 e. The van der Waals surface area contributed by atoms with Gasteiger partial charge in [-0.1, -0.05) is 23.2 Å². The summed E-state index contributed by atoms with van der Waals surface area (Å²) in [4.78, 5) is 0. The third-order valence-corrected chi connectivity index (χ3v) is 4.62. The van der Waals surface area contributed by atoms with Crippen LogP contribution in [-0.2, 0) is 0 Å². The highest BCUT2D eigenvalue weighted by Crippen LogP contribution is 2.41. The van der Waals surface area contributed by atoms with Gasteiger partial charge in [0.25, 0.3) is 0 Å². The first-order valence-electron chi connectivity index (χ1n) is 7.04. The number of ether oxygens (including phenoxy) is 1. The minimum Gasteiger partial charge on any atom is -0.486 e. The van der Waals surface area contributed by atoms with Crippen LogP contribution < -0.4 is 10.1 Å². The molecule has 0 aliphatic heterocycles. The molecule has 0 atom stereocenters. The summed E-state index contributed by atoms with van der Waals surface area (Å²) in [7, 11) is 0. The molecule has 0 amide bonds. The van der Waals surface area contributed by atoms with Crippen molar-refractivity contribution < 1.29 is 4.74 Å². The van der Waals surface area contributed by atoms with Gasteiger partial charge in [-0.15, -0.1) is 0 Å². The molecule has 2 fully saturated rings. The van der Waals surface area contributed by atoms with E-state index in [1.54, 1.807) is 12.1 Å². The van der Waals surface area contributed by atoms with Gasteiger partial charge in [-0.05, 0) is 57.2 Å². The van der Waals surface area contributed by atoms with E-state index in [1.807, 2.05) is 6.07 Å². The molecule has 0 spiro atoms. The van der Waals surface area contributed by atoms with Crippen LogP contribution in [0.15, 0.2) is 18.2 Å². The van der Waals surface area contributed by atoms with Gasteiger partial charge in [-0.2, -0.15) is 0 Å². The molecule has 104 valence electrons. The molecule has 1 aromatic carbocycles. The second-order valence-corrected chi connectivity index (χ2v) is 6.54. The first kappa shape index (κ1) is 13.5. The molecule has 19 heavy (non-hydrogen) atoms. The number of halogens is 2. The first-order chi connectivity index (χ1) is 9.17. The Balaban J connectivity index is 1.62. The Hall–Kier alpha value is -0.440. The molecular weight excluding hydrogens is 281 g/mol. The van der Waals surface area contributed by atoms with Crippen LogP contribution in [0.3, 0.4) is 0 Å². The van der Waals surface area contributed by atoms with E-state index in [0.29, 0.717) is 10.0 Å². The average Bonchev–Trinajstić information content (AvgIpc) is 3.14. The molecule has 0 aromatic heterocycles. The van der Waals surface area contributed by atoms with Gasteiger partial charge in [0, 0.05) is 17.1 Å². The van der Waals surface area contributed by atoms with Crippen molar-refractivity contribution in [1.29, 1.82) is 0 Å². The second-order valence-electron chi connectivity index (χ2n) is 5.69. The zero-order valence-electron chi connectivity index (χ0n) is 10.9. The second kappa shape index (κ2) is 5.51. The van der Waals surface area contributed by atoms with Crippen LogP contribution >= 0.6 is 23.2 Å². The molecule has 2 aliphatic carbocycles. The fraction of sp³-hybridized carbons (Fsp3) is 0.600. The SMILES string of the molecule is Clc1ccc(Cl)c(OC2(CCNC3CC3)CCC2)c1. The number of hydrogen-bond donors (Lipinski definition) is 1. The number of rotatable bonds is 6. The summed E-state index contributed by atoms with van der Waals surface area (Å²) in [5.74, 6) is 0.722. The van der Waals surface area contributed by atoms with Gasteiger partial charge in [0.15, 0.2) is 0 Å². The van der Waals surface area contributed by atoms with E-state index >= 15 is 0 Å². The van der Waals surface area contributed by atoms with E-state index in [2.05, 4.69) is 5.32 Å². The van der Waals surface area contributed by atoms with E-state index < -0.39 is 0 Å². The number of nitrogens with one attached hydrogen (secondary N) is 1. The largest absolute Gasteiger partial charge is 0.486 e. The summed E-state index contributed by atoms with van der Waals surface area (Å²) in [5.41, 5.74) is -0.0315. The highest BCUT2D eigenvalue weighted by molar-refractivity contribution is 6.34. The Labute approximate surface area is 124 Å². The lowest BCUT2D eigenvalue weighted by atomic mass is 9.77. The van der Waals surface area contributed by atoms with Crippen molar-refractivity contribution in [2.45, 2.75) is 50.2 Å². The van der Waals surface area contributed by atoms with Crippen molar-refractivity contribution in [1.82, 2.24) is 5.32 Å². The normalized spacial score (nSPS) is 20.9. The van der Waals surface area contributed by atoms with Crippen LogP contribution in [0.4, 0.5) is 0 Å². The monoisotopic (exact) mass is 299 g/mol. The minimum atomic E-state index is -0.0315. The zero-order chi connectivity index (χ0) is 13.3. The maximum atomic E-state index is 6.20. The molecule has 4 heteroatoms. The maximum absolute atomic E-state index is 6.20. The lowest BCUT2D eigenvalue weighted by molar-refractivity contribution is -0.0142. The van der Waals surface area contributed by atoms with Crippen LogP contribution in [0.25, 0.3) is 0 Å². The van der Waals surface area contributed by atoms with Gasteiger partial charge in [0.1, 0.15) is 11.4 Å². The Kier molecular flexibility index (Phi) is 3.93. The van der Waals surface area contributed by atoms with E-state index in [0.717, 1.165) is 37.6 Å². The van der Waals surface area contributed by atoms with Crippen molar-refractivity contribution in [3.63, 3.8) is 0 Å². The van der Waals surface area contributed by atoms with Crippen molar-refractivity contribution in [2.24, 2.45) is 0 Å². The summed E-state index contributed by atoms with van der Waals surface area (Å²) in [6.07, 6.45) is 7.17. The van der Waals surface area contributed by atoms with E-state index in [1.165, 1.54) is 19.3 Å². The maximum Gasteiger partial charge on any atom is 0.140 e. The molecule has 1 N–H and O–H groups in total. The predicted molar refractivity (Wildman–Crippen MR) is 79.3 cm³/mol. The van der Waals surface area contributed by atoms with Crippen molar-refractivity contribution in [2.75, 3.05) is 6.54 Å². The molecule has 0 heterocycles. The average molecular weight is 300 g/mol. The molecule has 0 radical (unpaired) electrons. The fourth-order valence-electron chi connectivity index (χ4n) is 2.55. The van der Waals surface area contributed by atoms with Gasteiger partial charge in [-0.25, -0.2) is 0 Å². The molecule has 0 saturated heterocycles. The third kappa shape index (κ3) is 3.36. The summed E-state index contributed by atoms with van der Waals surface area (Å²) in [6.45, 7) is 1.03. The Morgan fingerprint density at radius 3 is 2.68 bits per heavy atom. The van der Waals surface area contributed by atoms with Crippen molar-refractivity contribution >= 4 is 23.2 Å². The van der Waals surface area contributed by atoms with Crippen LogP contribution in [0.5, 0.6) is 5.75 Å². The summed E-state index contributed by atoms with van der Waals surface area (Å²) in [6, 6.07) is 6.16. The quantitative estimate of drug-likeness (QED) is 0.838. The number of hydrogen-bond acceptors (Lipinski definition) is 2. The third-order valence-electron chi connectivity index (χ3n) is 4.08. The van der Waals surface area contributed by atoms with Crippen molar-refractivity contribution in [3.05, 3.63) is 28.2 Å². The molecule has 2 aliphatic rings. The van der Waals surface area contributed by atoms with Gasteiger partial charge in [0.2, 0.25) is 0 Å². The predicted octanol–water partition coefficient (Wildman–Crippen LogP) is 4.44. The van der Waals surface area contributed by atoms with Crippen molar-refractivity contribution in [3.8, 4) is 5.75 Å². The summed E-state index contributed by atoms with van der Waals surface area (Å²) >= 11 is 12.2. The lowest BCUT2D eigenvalue weighted by Gasteiger charge is -2.42. The van der Waals surface area contributed by atoms with E-state index in [4.69, 9.17) is 27.9 Å². The van der Waals surface area contributed by atoms with Gasteiger partial charge in [0.05, 0.1) is 5.02 Å². The molecule has 0 unspecified atom stereocenters. The summed E-state index contributed by atoms with van der Waals surface area (Å²) < 4.78 is 6.20. The van der Waals surface area contributed by atoms with Gasteiger partial charge >= 0.3 is 0 Å². The van der Waals surface area contributed by atoms with E-state index in [-0.39, 0.29) is 5.60 Å². The molecule has 2 nitrogen and oxygen atoms in total. The Morgan fingerprint density at radius 1 is 1.26 bits per heavy atom. The van der Waals surface area contributed by atoms with E-state index in [9.17, 15) is 0 Å². The Morgan fingerprint density at radius 2 is 2.05 bits per heavy atom. The van der Waals surface area contributed by atoms with Crippen LogP contribution in [0.1, 0.15) is 38.5 Å². The molecule has 3 rings (SSSR count). The van der Waals surface area contributed by atoms with Gasteiger partial charge in [-0.3, -0.25) is 0 Å². The first-order valence-corrected chi connectivity index (χ1v) is 7.80. The van der Waals surface area contributed by atoms with Crippen LogP contribution in [0.2, 0.25) is 10.0 Å². The Bertz CT molecular complexity index is 455. The molecule has 0 bridgehead atoms. The molecule has 2 saturated carbocycles. The standard InChI is InChI=1S/C15H19Cl2NO/c16-11-2-5-13(17)14(10-11)19-15(6-1-7-15)8-9-18-12-3-4-12/h2,5,10,12,18H,1,3-4,6-9H2. The topological polar surface area (TPSA) is 21.3 Å². The zero-order valence-corrected chi connectivity index (χ0v) is 12.4. The molecule has 1 aromatic rings. The van der Waals surface area contributed by atoms with Crippen LogP contribution in [-0.4, -0.2) is 18.2 Å². The summed E-state index contributed by atoms with van der Waals surface area (Å²) in [5, 5.41) is 4.87. The number of benzene rings is 1. The highest BCUT2D eigenvalue weighted by atomic mass is 35.5. The van der Waals surface area contributed by atoms with Crippen LogP contribution in [0, 0.1) is 0 Å². The minimum absolute atomic E-state index is 0.0315. The van der Waals surface area contributed by atoms with Gasteiger partial charge < -0.3 is 10.1 Å².